The van der Waals surface area contributed by atoms with Gasteiger partial charge in [0.2, 0.25) is 0 Å². The molecule has 0 bridgehead atoms. The Kier molecular flexibility index (Phi) is 11.5. The quantitative estimate of drug-likeness (QED) is 0.388. The molecule has 0 amide bonds. The molecule has 0 radical (unpaired) electrons. The zero-order valence-electron chi connectivity index (χ0n) is 25.0. The zero-order chi connectivity index (χ0) is 26.0. The first-order chi connectivity index (χ1) is 16.3. The molecule has 0 saturated heterocycles. The third-order valence-electron chi connectivity index (χ3n) is 11.0. The average Bonchev–Trinajstić information content (AvgIpc) is 3.11. The van der Waals surface area contributed by atoms with E-state index in [2.05, 4.69) is 61.8 Å². The number of aliphatic hydroxyl groups excluding tert-OH is 2. The molecule has 8 atom stereocenters. The minimum absolute atomic E-state index is 0. The molecule has 4 heteroatoms. The first kappa shape index (κ1) is 32.1. The molecule has 0 spiro atoms. The van der Waals surface area contributed by atoms with Gasteiger partial charge in [-0.3, -0.25) is 0 Å². The van der Waals surface area contributed by atoms with Crippen molar-refractivity contribution >= 4 is 0 Å². The Morgan fingerprint density at radius 3 is 2.25 bits per heavy atom. The maximum atomic E-state index is 10.2. The smallest absolute Gasteiger partial charge is 0.101 e. The Hall–Kier alpha value is -0.0900. The summed E-state index contributed by atoms with van der Waals surface area (Å²) in [4.78, 5) is 0. The summed E-state index contributed by atoms with van der Waals surface area (Å²) in [6.07, 6.45) is 17.2. The summed E-state index contributed by atoms with van der Waals surface area (Å²) in [5.41, 5.74) is 2.60. The summed E-state index contributed by atoms with van der Waals surface area (Å²) in [5, 5.41) is 18.6. The molecule has 1 unspecified atom stereocenters. The summed E-state index contributed by atoms with van der Waals surface area (Å²) in [7, 11) is 6.16. The molecule has 3 nitrogen and oxygen atoms in total. The third kappa shape index (κ3) is 7.10. The molecular formula is C32H60ClNO2. The van der Waals surface area contributed by atoms with Gasteiger partial charge in [-0.05, 0) is 97.7 Å². The lowest BCUT2D eigenvalue weighted by atomic mass is 9.47. The van der Waals surface area contributed by atoms with Crippen LogP contribution in [-0.2, 0) is 0 Å². The van der Waals surface area contributed by atoms with Gasteiger partial charge in [0.1, 0.15) is 6.54 Å². The van der Waals surface area contributed by atoms with Crippen LogP contribution in [0.5, 0.6) is 0 Å². The van der Waals surface area contributed by atoms with Crippen molar-refractivity contribution in [2.75, 3.05) is 34.3 Å². The molecule has 0 aromatic heterocycles. The lowest BCUT2D eigenvalue weighted by molar-refractivity contribution is -0.870. The molecule has 0 heterocycles. The van der Waals surface area contributed by atoms with Crippen molar-refractivity contribution in [1.29, 1.82) is 0 Å². The second-order valence-corrected chi connectivity index (χ2v) is 14.9. The molecule has 4 rings (SSSR count). The van der Waals surface area contributed by atoms with Gasteiger partial charge in [0.25, 0.3) is 0 Å². The van der Waals surface area contributed by atoms with Crippen LogP contribution in [0, 0.1) is 46.3 Å². The van der Waals surface area contributed by atoms with E-state index in [4.69, 9.17) is 5.11 Å². The Balaban J connectivity index is 0.000000503. The number of nitrogens with zero attached hydrogens (tertiary/aromatic N) is 1. The van der Waals surface area contributed by atoms with Crippen LogP contribution in [-0.4, -0.2) is 55.1 Å². The van der Waals surface area contributed by atoms with E-state index in [0.29, 0.717) is 10.8 Å². The van der Waals surface area contributed by atoms with E-state index in [1.807, 2.05) is 0 Å². The fourth-order valence-corrected chi connectivity index (χ4v) is 8.97. The van der Waals surface area contributed by atoms with Crippen LogP contribution in [0.1, 0.15) is 105 Å². The molecule has 0 aromatic carbocycles. The second kappa shape index (κ2) is 12.8. The van der Waals surface area contributed by atoms with Crippen LogP contribution in [0.15, 0.2) is 11.6 Å². The summed E-state index contributed by atoms with van der Waals surface area (Å²) < 4.78 is 0.844. The van der Waals surface area contributed by atoms with E-state index >= 15 is 0 Å². The molecule has 4 aliphatic rings. The molecule has 0 aliphatic heterocycles. The highest BCUT2D eigenvalue weighted by atomic mass is 35.5. The first-order valence-electron chi connectivity index (χ1n) is 15.1. The number of rotatable bonds is 7. The van der Waals surface area contributed by atoms with Crippen LogP contribution in [0.25, 0.3) is 0 Å². The third-order valence-corrected chi connectivity index (χ3v) is 11.0. The topological polar surface area (TPSA) is 40.5 Å². The van der Waals surface area contributed by atoms with Crippen molar-refractivity contribution < 1.29 is 27.1 Å². The zero-order valence-corrected chi connectivity index (χ0v) is 25.8. The average molecular weight is 526 g/mol. The second-order valence-electron chi connectivity index (χ2n) is 14.9. The predicted octanol–water partition coefficient (Wildman–Crippen LogP) is 4.08. The van der Waals surface area contributed by atoms with Crippen molar-refractivity contribution in [3.8, 4) is 0 Å². The van der Waals surface area contributed by atoms with Gasteiger partial charge in [-0.25, -0.2) is 0 Å². The Labute approximate surface area is 230 Å². The maximum absolute atomic E-state index is 10.2. The fourth-order valence-electron chi connectivity index (χ4n) is 8.97. The molecule has 3 saturated carbocycles. The number of allylic oxidation sites excluding steroid dienone is 1. The number of quaternary nitrogens is 1. The SMILES string of the molecule is CC(C)CCCC(C)[C@H]1CC[C@H]2[C@@H]3CC=C4C[C@@H](O)CC[C@]4(C)[C@H]3CC[C@]12C.C[N+](C)(C)CCO.[Cl-]. The van der Waals surface area contributed by atoms with Gasteiger partial charge in [-0.1, -0.05) is 65.5 Å². The van der Waals surface area contributed by atoms with E-state index in [9.17, 15) is 5.11 Å². The van der Waals surface area contributed by atoms with E-state index in [0.717, 1.165) is 59.4 Å². The van der Waals surface area contributed by atoms with Gasteiger partial charge in [0.05, 0.1) is 33.9 Å². The largest absolute Gasteiger partial charge is 1.00 e. The summed E-state index contributed by atoms with van der Waals surface area (Å²) in [6, 6.07) is 0. The van der Waals surface area contributed by atoms with Crippen molar-refractivity contribution in [1.82, 2.24) is 0 Å². The standard InChI is InChI=1S/C27H46O.C5H14NO.ClH/c1-18(2)7-6-8-19(3)23-11-12-24-22-10-9-20-17-21(28)13-15-26(20,4)25(22)14-16-27(23,24)5;1-6(2,3)4-5-7;/h9,18-19,21-25,28H,6-8,10-17H2,1-5H3;7H,4-5H2,1-3H3;1H/q;+1;/p-1/t19?,21-,22-,23+,24-,25-,26-,27+;;/m0../s1. The van der Waals surface area contributed by atoms with Gasteiger partial charge < -0.3 is 27.1 Å². The van der Waals surface area contributed by atoms with Gasteiger partial charge in [0, 0.05) is 0 Å². The fraction of sp³-hybridized carbons (Fsp3) is 0.938. The van der Waals surface area contributed by atoms with Crippen molar-refractivity contribution in [2.24, 2.45) is 46.3 Å². The van der Waals surface area contributed by atoms with Gasteiger partial charge in [0.15, 0.2) is 0 Å². The predicted molar refractivity (Wildman–Crippen MR) is 149 cm³/mol. The molecule has 4 aliphatic carbocycles. The highest BCUT2D eigenvalue weighted by Crippen LogP contribution is 2.67. The number of fused-ring (bicyclic) bond motifs is 5. The molecule has 212 valence electrons. The van der Waals surface area contributed by atoms with Crippen molar-refractivity contribution in [2.45, 2.75) is 111 Å². The Morgan fingerprint density at radius 2 is 1.67 bits per heavy atom. The van der Waals surface area contributed by atoms with Crippen LogP contribution in [0.2, 0.25) is 0 Å². The van der Waals surface area contributed by atoms with Gasteiger partial charge in [-0.2, -0.15) is 0 Å². The van der Waals surface area contributed by atoms with Crippen LogP contribution in [0.3, 0.4) is 0 Å². The van der Waals surface area contributed by atoms with Crippen LogP contribution in [0.4, 0.5) is 0 Å². The number of hydrogen-bond donors (Lipinski definition) is 2. The van der Waals surface area contributed by atoms with E-state index in [1.165, 1.54) is 57.8 Å². The molecule has 36 heavy (non-hydrogen) atoms. The minimum Gasteiger partial charge on any atom is -1.00 e. The van der Waals surface area contributed by atoms with Gasteiger partial charge in [-0.15, -0.1) is 0 Å². The molecule has 3 fully saturated rings. The maximum Gasteiger partial charge on any atom is 0.101 e. The van der Waals surface area contributed by atoms with Crippen LogP contribution >= 0.6 is 0 Å². The normalized spacial score (nSPS) is 38.5. The van der Waals surface area contributed by atoms with Gasteiger partial charge >= 0.3 is 0 Å². The lowest BCUT2D eigenvalue weighted by Crippen LogP contribution is -3.00. The van der Waals surface area contributed by atoms with E-state index in [-0.39, 0.29) is 25.1 Å². The van der Waals surface area contributed by atoms with Crippen molar-refractivity contribution in [3.05, 3.63) is 11.6 Å². The molecule has 0 aromatic rings. The number of halogens is 1. The summed E-state index contributed by atoms with van der Waals surface area (Å²) in [5.74, 6) is 5.46. The van der Waals surface area contributed by atoms with E-state index in [1.54, 1.807) is 5.57 Å². The highest BCUT2D eigenvalue weighted by molar-refractivity contribution is 5.25. The number of hydrogen-bond acceptors (Lipinski definition) is 2. The first-order valence-corrected chi connectivity index (χ1v) is 15.1. The Bertz CT molecular complexity index is 715. The summed E-state index contributed by atoms with van der Waals surface area (Å²) in [6.45, 7) is 13.7. The van der Waals surface area contributed by atoms with Crippen molar-refractivity contribution in [3.63, 3.8) is 0 Å². The number of likely N-dealkylation sites (N-methyl/N-ethyl adjacent to an activating group) is 1. The number of aliphatic hydroxyl groups is 2. The van der Waals surface area contributed by atoms with Crippen LogP contribution < -0.4 is 12.4 Å². The monoisotopic (exact) mass is 525 g/mol. The molecule has 2 N–H and O–H groups in total. The molecular weight excluding hydrogens is 466 g/mol. The summed E-state index contributed by atoms with van der Waals surface area (Å²) >= 11 is 0. The highest BCUT2D eigenvalue weighted by Gasteiger charge is 2.59. The lowest BCUT2D eigenvalue weighted by Gasteiger charge is -2.58. The Morgan fingerprint density at radius 1 is 0.972 bits per heavy atom. The minimum atomic E-state index is -0.0766. The van der Waals surface area contributed by atoms with E-state index < -0.39 is 0 Å².